The molecule has 1 unspecified atom stereocenters. The van der Waals surface area contributed by atoms with Gasteiger partial charge in [-0.15, -0.1) is 0 Å². The van der Waals surface area contributed by atoms with Gasteiger partial charge in [0.25, 0.3) is 0 Å². The Bertz CT molecular complexity index is 157. The first-order valence-corrected chi connectivity index (χ1v) is 5.33. The first kappa shape index (κ1) is 9.44. The van der Waals surface area contributed by atoms with Gasteiger partial charge in [0.2, 0.25) is 0 Å². The summed E-state index contributed by atoms with van der Waals surface area (Å²) in [6.45, 7) is 5.01. The number of ether oxygens (including phenoxy) is 1. The van der Waals surface area contributed by atoms with Crippen LogP contribution in [0.2, 0.25) is 0 Å². The zero-order chi connectivity index (χ0) is 9.10. The Kier molecular flexibility index (Phi) is 3.19. The molecule has 0 radical (unpaired) electrons. The van der Waals surface area contributed by atoms with Gasteiger partial charge in [-0.2, -0.15) is 0 Å². The first-order chi connectivity index (χ1) is 6.34. The highest BCUT2D eigenvalue weighted by atomic mass is 16.5. The van der Waals surface area contributed by atoms with Crippen molar-refractivity contribution in [2.75, 3.05) is 32.8 Å². The Balaban J connectivity index is 1.62. The second-order valence-corrected chi connectivity index (χ2v) is 4.26. The first-order valence-electron chi connectivity index (χ1n) is 5.33. The molecule has 0 bridgehead atoms. The number of likely N-dealkylation sites (tertiary alicyclic amines) is 1. The van der Waals surface area contributed by atoms with Gasteiger partial charge in [-0.3, -0.25) is 0 Å². The predicted molar refractivity (Wildman–Crippen MR) is 50.6 cm³/mol. The van der Waals surface area contributed by atoms with Gasteiger partial charge in [0.15, 0.2) is 0 Å². The smallest absolute Gasteiger partial charge is 0.0679 e. The fourth-order valence-electron chi connectivity index (χ4n) is 2.19. The molecule has 0 aromatic heterocycles. The quantitative estimate of drug-likeness (QED) is 0.694. The Hall–Kier alpha value is -0.120. The van der Waals surface area contributed by atoms with E-state index in [1.165, 1.54) is 12.8 Å². The number of aliphatic hydroxyl groups excluding tert-OH is 1. The lowest BCUT2D eigenvalue weighted by molar-refractivity contribution is 0.167. The topological polar surface area (TPSA) is 32.7 Å². The van der Waals surface area contributed by atoms with Crippen LogP contribution in [0.4, 0.5) is 0 Å². The van der Waals surface area contributed by atoms with Crippen molar-refractivity contribution < 1.29 is 9.84 Å². The maximum Gasteiger partial charge on any atom is 0.0679 e. The van der Waals surface area contributed by atoms with E-state index < -0.39 is 0 Å². The Morgan fingerprint density at radius 2 is 2.31 bits per heavy atom. The molecular formula is C10H19NO2. The molecule has 0 aromatic rings. The molecule has 1 N–H and O–H groups in total. The molecule has 2 aliphatic heterocycles. The van der Waals surface area contributed by atoms with Gasteiger partial charge in [0.1, 0.15) is 0 Å². The molecule has 2 saturated heterocycles. The molecule has 0 spiro atoms. The average molecular weight is 185 g/mol. The molecule has 2 rings (SSSR count). The van der Waals surface area contributed by atoms with Crippen molar-refractivity contribution in [2.24, 2.45) is 5.92 Å². The largest absolute Gasteiger partial charge is 0.392 e. The molecule has 2 atom stereocenters. The van der Waals surface area contributed by atoms with E-state index in [1.807, 2.05) is 0 Å². The van der Waals surface area contributed by atoms with E-state index in [4.69, 9.17) is 4.74 Å². The van der Waals surface area contributed by atoms with Crippen LogP contribution in [0, 0.1) is 5.92 Å². The maximum absolute atomic E-state index is 9.33. The monoisotopic (exact) mass is 185 g/mol. The van der Waals surface area contributed by atoms with Gasteiger partial charge >= 0.3 is 0 Å². The van der Waals surface area contributed by atoms with Crippen LogP contribution >= 0.6 is 0 Å². The van der Waals surface area contributed by atoms with Crippen molar-refractivity contribution in [3.05, 3.63) is 0 Å². The lowest BCUT2D eigenvalue weighted by Crippen LogP contribution is -2.24. The lowest BCUT2D eigenvalue weighted by atomic mass is 10.1. The zero-order valence-electron chi connectivity index (χ0n) is 8.11. The van der Waals surface area contributed by atoms with E-state index in [2.05, 4.69) is 4.90 Å². The van der Waals surface area contributed by atoms with Crippen molar-refractivity contribution in [3.63, 3.8) is 0 Å². The highest BCUT2D eigenvalue weighted by Gasteiger charge is 2.22. The predicted octanol–water partition coefficient (Wildman–Crippen LogP) is 0.480. The molecule has 76 valence electrons. The number of β-amino-alcohol motifs (C(OH)–C–C–N with tert-alkyl or cyclic N) is 1. The van der Waals surface area contributed by atoms with Crippen LogP contribution in [0.15, 0.2) is 0 Å². The van der Waals surface area contributed by atoms with Gasteiger partial charge in [-0.05, 0) is 31.7 Å². The second kappa shape index (κ2) is 4.40. The van der Waals surface area contributed by atoms with E-state index in [0.717, 1.165) is 45.2 Å². The minimum atomic E-state index is -0.0696. The fourth-order valence-corrected chi connectivity index (χ4v) is 2.19. The maximum atomic E-state index is 9.33. The van der Waals surface area contributed by atoms with Crippen LogP contribution < -0.4 is 0 Å². The molecule has 0 aromatic carbocycles. The van der Waals surface area contributed by atoms with Gasteiger partial charge in [-0.1, -0.05) is 0 Å². The molecule has 0 aliphatic carbocycles. The summed E-state index contributed by atoms with van der Waals surface area (Å²) in [5.74, 6) is 0.776. The second-order valence-electron chi connectivity index (χ2n) is 4.26. The summed E-state index contributed by atoms with van der Waals surface area (Å²) < 4.78 is 5.33. The summed E-state index contributed by atoms with van der Waals surface area (Å²) in [6.07, 6.45) is 3.37. The lowest BCUT2D eigenvalue weighted by Gasteiger charge is -2.16. The van der Waals surface area contributed by atoms with Crippen LogP contribution in [0.3, 0.4) is 0 Å². The van der Waals surface area contributed by atoms with Crippen LogP contribution in [0.25, 0.3) is 0 Å². The Labute approximate surface area is 79.7 Å². The Morgan fingerprint density at radius 1 is 1.38 bits per heavy atom. The van der Waals surface area contributed by atoms with Crippen molar-refractivity contribution >= 4 is 0 Å². The molecule has 3 nitrogen and oxygen atoms in total. The van der Waals surface area contributed by atoms with Crippen molar-refractivity contribution in [2.45, 2.75) is 25.4 Å². The normalized spacial score (nSPS) is 35.8. The molecule has 2 heterocycles. The molecule has 13 heavy (non-hydrogen) atoms. The molecular weight excluding hydrogens is 166 g/mol. The Morgan fingerprint density at radius 3 is 2.92 bits per heavy atom. The molecule has 2 fully saturated rings. The standard InChI is InChI=1S/C10H19NO2/c12-10-2-5-11(7-10)4-1-9-3-6-13-8-9/h9-10,12H,1-8H2/t9?,10-/m0/s1. The van der Waals surface area contributed by atoms with Gasteiger partial charge in [0.05, 0.1) is 6.10 Å². The molecule has 3 heteroatoms. The molecule has 0 saturated carbocycles. The van der Waals surface area contributed by atoms with Crippen molar-refractivity contribution in [3.8, 4) is 0 Å². The van der Waals surface area contributed by atoms with E-state index in [0.29, 0.717) is 0 Å². The number of hydrogen-bond acceptors (Lipinski definition) is 3. The van der Waals surface area contributed by atoms with E-state index in [-0.39, 0.29) is 6.10 Å². The third-order valence-corrected chi connectivity index (χ3v) is 3.13. The number of nitrogens with zero attached hydrogens (tertiary/aromatic N) is 1. The van der Waals surface area contributed by atoms with Crippen LogP contribution in [0.5, 0.6) is 0 Å². The summed E-state index contributed by atoms with van der Waals surface area (Å²) in [4.78, 5) is 2.36. The van der Waals surface area contributed by atoms with Gasteiger partial charge in [-0.25, -0.2) is 0 Å². The molecule has 2 aliphatic rings. The number of aliphatic hydroxyl groups is 1. The number of hydrogen-bond donors (Lipinski definition) is 1. The minimum Gasteiger partial charge on any atom is -0.392 e. The summed E-state index contributed by atoms with van der Waals surface area (Å²) >= 11 is 0. The molecule has 0 amide bonds. The average Bonchev–Trinajstić information content (AvgIpc) is 2.71. The van der Waals surface area contributed by atoms with E-state index >= 15 is 0 Å². The third kappa shape index (κ3) is 2.66. The third-order valence-electron chi connectivity index (χ3n) is 3.13. The summed E-state index contributed by atoms with van der Waals surface area (Å²) in [5, 5.41) is 9.33. The van der Waals surface area contributed by atoms with Crippen LogP contribution in [0.1, 0.15) is 19.3 Å². The highest BCUT2D eigenvalue weighted by Crippen LogP contribution is 2.18. The fraction of sp³-hybridized carbons (Fsp3) is 1.00. The SMILES string of the molecule is O[C@H]1CCN(CCC2CCOC2)C1. The number of rotatable bonds is 3. The van der Waals surface area contributed by atoms with Gasteiger partial charge < -0.3 is 14.7 Å². The summed E-state index contributed by atoms with van der Waals surface area (Å²) in [7, 11) is 0. The minimum absolute atomic E-state index is 0.0696. The summed E-state index contributed by atoms with van der Waals surface area (Å²) in [5.41, 5.74) is 0. The van der Waals surface area contributed by atoms with Crippen molar-refractivity contribution in [1.82, 2.24) is 4.90 Å². The van der Waals surface area contributed by atoms with Crippen molar-refractivity contribution in [1.29, 1.82) is 0 Å². The van der Waals surface area contributed by atoms with Gasteiger partial charge in [0, 0.05) is 26.3 Å². The van der Waals surface area contributed by atoms with Crippen LogP contribution in [-0.4, -0.2) is 49.0 Å². The van der Waals surface area contributed by atoms with E-state index in [1.54, 1.807) is 0 Å². The zero-order valence-corrected chi connectivity index (χ0v) is 8.11. The van der Waals surface area contributed by atoms with Crippen LogP contribution in [-0.2, 0) is 4.74 Å². The summed E-state index contributed by atoms with van der Waals surface area (Å²) in [6, 6.07) is 0. The van der Waals surface area contributed by atoms with E-state index in [9.17, 15) is 5.11 Å². The highest BCUT2D eigenvalue weighted by molar-refractivity contribution is 4.75.